The molecule has 2 aromatic rings. The van der Waals surface area contributed by atoms with Gasteiger partial charge in [-0.3, -0.25) is 0 Å². The summed E-state index contributed by atoms with van der Waals surface area (Å²) in [4.78, 5) is 12.7. The van der Waals surface area contributed by atoms with Crippen molar-refractivity contribution in [3.8, 4) is 5.88 Å². The van der Waals surface area contributed by atoms with Crippen LogP contribution in [-0.4, -0.2) is 37.8 Å². The highest BCUT2D eigenvalue weighted by Crippen LogP contribution is 2.26. The lowest BCUT2D eigenvalue weighted by atomic mass is 10.0. The molecule has 0 bridgehead atoms. The zero-order valence-electron chi connectivity index (χ0n) is 13.0. The van der Waals surface area contributed by atoms with Gasteiger partial charge in [0.2, 0.25) is 5.88 Å². The van der Waals surface area contributed by atoms with E-state index in [1.807, 2.05) is 11.5 Å². The summed E-state index contributed by atoms with van der Waals surface area (Å²) in [6, 6.07) is -0.0218. The SMILES string of the molecule is CCCCCC[C@@H](C(C)O)n1cnc2c(OC)ncnc21. The topological polar surface area (TPSA) is 73.1 Å². The Morgan fingerprint density at radius 1 is 1.24 bits per heavy atom. The number of hydrogen-bond acceptors (Lipinski definition) is 5. The van der Waals surface area contributed by atoms with Gasteiger partial charge in [-0.2, -0.15) is 4.98 Å². The molecule has 21 heavy (non-hydrogen) atoms. The largest absolute Gasteiger partial charge is 0.479 e. The minimum atomic E-state index is -0.454. The molecule has 1 N–H and O–H groups in total. The van der Waals surface area contributed by atoms with Crippen LogP contribution in [0.15, 0.2) is 12.7 Å². The zero-order valence-corrected chi connectivity index (χ0v) is 13.0. The molecule has 0 radical (unpaired) electrons. The second-order valence-corrected chi connectivity index (χ2v) is 5.36. The van der Waals surface area contributed by atoms with Crippen LogP contribution in [0.2, 0.25) is 0 Å². The molecular formula is C15H24N4O2. The number of hydrogen-bond donors (Lipinski definition) is 1. The maximum atomic E-state index is 10.1. The van der Waals surface area contributed by atoms with E-state index in [-0.39, 0.29) is 6.04 Å². The molecule has 0 saturated carbocycles. The van der Waals surface area contributed by atoms with Gasteiger partial charge in [-0.05, 0) is 13.3 Å². The summed E-state index contributed by atoms with van der Waals surface area (Å²) in [5, 5.41) is 10.1. The number of aliphatic hydroxyl groups is 1. The molecule has 2 rings (SSSR count). The first kappa shape index (κ1) is 15.7. The quantitative estimate of drug-likeness (QED) is 0.757. The fourth-order valence-electron chi connectivity index (χ4n) is 2.62. The van der Waals surface area contributed by atoms with Crippen molar-refractivity contribution >= 4 is 11.2 Å². The van der Waals surface area contributed by atoms with Gasteiger partial charge in [0.15, 0.2) is 11.2 Å². The molecule has 2 heterocycles. The first-order valence-electron chi connectivity index (χ1n) is 7.58. The zero-order chi connectivity index (χ0) is 15.2. The number of aliphatic hydroxyl groups excluding tert-OH is 1. The van der Waals surface area contributed by atoms with Gasteiger partial charge in [-0.15, -0.1) is 0 Å². The Labute approximate surface area is 125 Å². The van der Waals surface area contributed by atoms with Gasteiger partial charge in [0.25, 0.3) is 0 Å². The summed E-state index contributed by atoms with van der Waals surface area (Å²) in [5.74, 6) is 0.467. The number of methoxy groups -OCH3 is 1. The Kier molecular flexibility index (Phi) is 5.50. The van der Waals surface area contributed by atoms with Gasteiger partial charge in [0.1, 0.15) is 6.33 Å². The lowest BCUT2D eigenvalue weighted by molar-refractivity contribution is 0.124. The highest BCUT2D eigenvalue weighted by atomic mass is 16.5. The maximum absolute atomic E-state index is 10.1. The van der Waals surface area contributed by atoms with Gasteiger partial charge in [0.05, 0.1) is 25.6 Å². The molecule has 0 aliphatic heterocycles. The number of nitrogens with zero attached hydrogens (tertiary/aromatic N) is 4. The van der Waals surface area contributed by atoms with Crippen LogP contribution in [0.5, 0.6) is 5.88 Å². The van der Waals surface area contributed by atoms with Gasteiger partial charge < -0.3 is 14.4 Å². The van der Waals surface area contributed by atoms with Crippen molar-refractivity contribution in [1.82, 2.24) is 19.5 Å². The second kappa shape index (κ2) is 7.36. The third-order valence-corrected chi connectivity index (χ3v) is 3.79. The van der Waals surface area contributed by atoms with Gasteiger partial charge in [-0.25, -0.2) is 9.97 Å². The standard InChI is InChI=1S/C15H24N4O2/c1-4-5-6-7-8-12(11(2)20)19-10-18-13-14(19)16-9-17-15(13)21-3/h9-12,20H,4-8H2,1-3H3/t11?,12-/m0/s1. The molecule has 2 atom stereocenters. The Balaban J connectivity index is 2.24. The molecule has 1 unspecified atom stereocenters. The van der Waals surface area contributed by atoms with E-state index < -0.39 is 6.10 Å². The number of rotatable bonds is 8. The molecular weight excluding hydrogens is 268 g/mol. The van der Waals surface area contributed by atoms with Crippen molar-refractivity contribution in [2.45, 2.75) is 58.1 Å². The van der Waals surface area contributed by atoms with Crippen LogP contribution in [0.3, 0.4) is 0 Å². The summed E-state index contributed by atoms with van der Waals surface area (Å²) in [6.45, 7) is 4.01. The molecule has 6 nitrogen and oxygen atoms in total. The second-order valence-electron chi connectivity index (χ2n) is 5.36. The molecule has 116 valence electrons. The average molecular weight is 292 g/mol. The predicted molar refractivity (Wildman–Crippen MR) is 81.4 cm³/mol. The van der Waals surface area contributed by atoms with Crippen molar-refractivity contribution in [3.05, 3.63) is 12.7 Å². The number of aromatic nitrogens is 4. The third-order valence-electron chi connectivity index (χ3n) is 3.79. The van der Waals surface area contributed by atoms with Crippen LogP contribution in [0, 0.1) is 0 Å². The maximum Gasteiger partial charge on any atom is 0.245 e. The van der Waals surface area contributed by atoms with Gasteiger partial charge >= 0.3 is 0 Å². The monoisotopic (exact) mass is 292 g/mol. The lowest BCUT2D eigenvalue weighted by Gasteiger charge is -2.21. The highest BCUT2D eigenvalue weighted by Gasteiger charge is 2.21. The Morgan fingerprint density at radius 3 is 2.71 bits per heavy atom. The minimum absolute atomic E-state index is 0.0218. The molecule has 0 amide bonds. The van der Waals surface area contributed by atoms with E-state index in [0.717, 1.165) is 12.8 Å². The van der Waals surface area contributed by atoms with Gasteiger partial charge in [-0.1, -0.05) is 32.6 Å². The summed E-state index contributed by atoms with van der Waals surface area (Å²) in [5.41, 5.74) is 1.35. The Bertz CT molecular complexity index is 568. The first-order valence-corrected chi connectivity index (χ1v) is 7.58. The molecule has 0 aliphatic carbocycles. The van der Waals surface area contributed by atoms with Crippen LogP contribution >= 0.6 is 0 Å². The summed E-state index contributed by atoms with van der Waals surface area (Å²) in [6.07, 6.45) is 8.36. The average Bonchev–Trinajstić information content (AvgIpc) is 2.90. The number of fused-ring (bicyclic) bond motifs is 1. The lowest BCUT2D eigenvalue weighted by Crippen LogP contribution is -2.21. The molecule has 0 saturated heterocycles. The molecule has 6 heteroatoms. The highest BCUT2D eigenvalue weighted by molar-refractivity contribution is 5.76. The predicted octanol–water partition coefficient (Wildman–Crippen LogP) is 2.73. The Hall–Kier alpha value is -1.69. The summed E-state index contributed by atoms with van der Waals surface area (Å²) < 4.78 is 7.15. The van der Waals surface area contributed by atoms with E-state index in [9.17, 15) is 5.11 Å². The smallest absolute Gasteiger partial charge is 0.245 e. The van der Waals surface area contributed by atoms with Crippen molar-refractivity contribution in [3.63, 3.8) is 0 Å². The van der Waals surface area contributed by atoms with Crippen molar-refractivity contribution < 1.29 is 9.84 Å². The van der Waals surface area contributed by atoms with Crippen LogP contribution < -0.4 is 4.74 Å². The molecule has 0 fully saturated rings. The minimum Gasteiger partial charge on any atom is -0.479 e. The van der Waals surface area contributed by atoms with E-state index in [1.54, 1.807) is 13.4 Å². The van der Waals surface area contributed by atoms with E-state index in [2.05, 4.69) is 21.9 Å². The van der Waals surface area contributed by atoms with E-state index in [0.29, 0.717) is 17.0 Å². The van der Waals surface area contributed by atoms with Crippen molar-refractivity contribution in [1.29, 1.82) is 0 Å². The molecule has 0 aliphatic rings. The summed E-state index contributed by atoms with van der Waals surface area (Å²) in [7, 11) is 1.57. The molecule has 0 aromatic carbocycles. The van der Waals surface area contributed by atoms with Crippen LogP contribution in [0.1, 0.15) is 52.0 Å². The first-order chi connectivity index (χ1) is 10.2. The number of unbranched alkanes of at least 4 members (excludes halogenated alkanes) is 3. The van der Waals surface area contributed by atoms with E-state index in [1.165, 1.54) is 25.6 Å². The van der Waals surface area contributed by atoms with E-state index >= 15 is 0 Å². The summed E-state index contributed by atoms with van der Waals surface area (Å²) >= 11 is 0. The normalized spacial score (nSPS) is 14.3. The fourth-order valence-corrected chi connectivity index (χ4v) is 2.62. The van der Waals surface area contributed by atoms with Crippen LogP contribution in [0.4, 0.5) is 0 Å². The number of imidazole rings is 1. The Morgan fingerprint density at radius 2 is 2.05 bits per heavy atom. The van der Waals surface area contributed by atoms with E-state index in [4.69, 9.17) is 4.74 Å². The fraction of sp³-hybridized carbons (Fsp3) is 0.667. The molecule has 2 aromatic heterocycles. The third kappa shape index (κ3) is 3.50. The van der Waals surface area contributed by atoms with Crippen molar-refractivity contribution in [2.75, 3.05) is 7.11 Å². The number of ether oxygens (including phenoxy) is 1. The van der Waals surface area contributed by atoms with Crippen molar-refractivity contribution in [2.24, 2.45) is 0 Å². The molecule has 0 spiro atoms. The van der Waals surface area contributed by atoms with Crippen LogP contribution in [0.25, 0.3) is 11.2 Å². The van der Waals surface area contributed by atoms with Gasteiger partial charge in [0, 0.05) is 0 Å². The van der Waals surface area contributed by atoms with Crippen LogP contribution in [-0.2, 0) is 0 Å².